The van der Waals surface area contributed by atoms with Crippen LogP contribution < -0.4 is 14.9 Å². The number of amides is 1. The van der Waals surface area contributed by atoms with Gasteiger partial charge in [-0.3, -0.25) is 4.79 Å². The second kappa shape index (κ2) is 7.51. The van der Waals surface area contributed by atoms with Crippen LogP contribution in [-0.4, -0.2) is 38.4 Å². The molecule has 1 saturated heterocycles. The first-order valence-corrected chi connectivity index (χ1v) is 10.4. The van der Waals surface area contributed by atoms with Gasteiger partial charge in [-0.15, -0.1) is 11.3 Å². The first kappa shape index (κ1) is 17.8. The molecule has 1 amide bonds. The highest BCUT2D eigenvalue weighted by molar-refractivity contribution is 7.89. The van der Waals surface area contributed by atoms with E-state index < -0.39 is 10.0 Å². The Labute approximate surface area is 151 Å². The molecule has 1 aromatic heterocycles. The number of carbonyl (C=O) groups excluding carboxylic acids is 1. The fourth-order valence-corrected chi connectivity index (χ4v) is 4.68. The number of benzene rings is 1. The van der Waals surface area contributed by atoms with Crippen molar-refractivity contribution >= 4 is 38.1 Å². The van der Waals surface area contributed by atoms with Crippen molar-refractivity contribution in [2.24, 2.45) is 0 Å². The molecule has 1 aliphatic heterocycles. The van der Waals surface area contributed by atoms with E-state index in [1.54, 1.807) is 29.7 Å². The summed E-state index contributed by atoms with van der Waals surface area (Å²) in [6.45, 7) is 2.64. The molecule has 3 rings (SSSR count). The van der Waals surface area contributed by atoms with Crippen molar-refractivity contribution in [2.75, 3.05) is 23.3 Å². The van der Waals surface area contributed by atoms with Crippen molar-refractivity contribution in [2.45, 2.75) is 30.7 Å². The van der Waals surface area contributed by atoms with Gasteiger partial charge in [-0.25, -0.2) is 18.1 Å². The smallest absolute Gasteiger partial charge is 0.240 e. The van der Waals surface area contributed by atoms with Crippen molar-refractivity contribution in [1.29, 1.82) is 0 Å². The SMILES string of the molecule is CC(=O)Nc1ccc(S(=O)(=O)NCC2CCCN2c2nccs2)cc1. The molecule has 25 heavy (non-hydrogen) atoms. The Morgan fingerprint density at radius 2 is 2.12 bits per heavy atom. The van der Waals surface area contributed by atoms with E-state index in [4.69, 9.17) is 0 Å². The highest BCUT2D eigenvalue weighted by Crippen LogP contribution is 2.27. The Bertz CT molecular complexity index is 820. The topological polar surface area (TPSA) is 91.4 Å². The van der Waals surface area contributed by atoms with Gasteiger partial charge in [-0.1, -0.05) is 0 Å². The predicted molar refractivity (Wildman–Crippen MR) is 98.4 cm³/mol. The number of sulfonamides is 1. The van der Waals surface area contributed by atoms with Crippen LogP contribution in [0.15, 0.2) is 40.7 Å². The second-order valence-corrected chi connectivity index (χ2v) is 8.50. The molecule has 0 aliphatic carbocycles. The zero-order valence-corrected chi connectivity index (χ0v) is 15.4. The number of hydrogen-bond donors (Lipinski definition) is 2. The molecule has 2 N–H and O–H groups in total. The van der Waals surface area contributed by atoms with E-state index in [-0.39, 0.29) is 16.8 Å². The highest BCUT2D eigenvalue weighted by atomic mass is 32.2. The maximum atomic E-state index is 12.5. The van der Waals surface area contributed by atoms with Gasteiger partial charge in [0, 0.05) is 43.3 Å². The van der Waals surface area contributed by atoms with Crippen LogP contribution in [0.25, 0.3) is 0 Å². The number of rotatable bonds is 6. The van der Waals surface area contributed by atoms with Crippen LogP contribution in [0.1, 0.15) is 19.8 Å². The number of nitrogens with zero attached hydrogens (tertiary/aromatic N) is 2. The van der Waals surface area contributed by atoms with Crippen LogP contribution in [0, 0.1) is 0 Å². The maximum absolute atomic E-state index is 12.5. The summed E-state index contributed by atoms with van der Waals surface area (Å²) in [5, 5.41) is 5.47. The van der Waals surface area contributed by atoms with Gasteiger partial charge in [0.15, 0.2) is 5.13 Å². The summed E-state index contributed by atoms with van der Waals surface area (Å²) in [4.78, 5) is 17.7. The van der Waals surface area contributed by atoms with Crippen LogP contribution in [-0.2, 0) is 14.8 Å². The fourth-order valence-electron chi connectivity index (χ4n) is 2.87. The molecule has 0 radical (unpaired) electrons. The average Bonchev–Trinajstić information content (AvgIpc) is 3.24. The molecule has 9 heteroatoms. The predicted octanol–water partition coefficient (Wildman–Crippen LogP) is 2.05. The van der Waals surface area contributed by atoms with Crippen LogP contribution >= 0.6 is 11.3 Å². The molecule has 1 unspecified atom stereocenters. The standard InChI is InChI=1S/C16H20N4O3S2/c1-12(21)19-13-4-6-15(7-5-13)25(22,23)18-11-14-3-2-9-20(14)16-17-8-10-24-16/h4-8,10,14,18H,2-3,9,11H2,1H3,(H,19,21). The number of anilines is 2. The Morgan fingerprint density at radius 3 is 2.76 bits per heavy atom. The molecule has 2 aromatic rings. The number of aromatic nitrogens is 1. The fraction of sp³-hybridized carbons (Fsp3) is 0.375. The lowest BCUT2D eigenvalue weighted by molar-refractivity contribution is -0.114. The summed E-state index contributed by atoms with van der Waals surface area (Å²) in [5.41, 5.74) is 0.567. The van der Waals surface area contributed by atoms with Crippen molar-refractivity contribution in [3.8, 4) is 0 Å². The van der Waals surface area contributed by atoms with E-state index in [1.165, 1.54) is 19.1 Å². The van der Waals surface area contributed by atoms with Crippen LogP contribution in [0.5, 0.6) is 0 Å². The zero-order valence-electron chi connectivity index (χ0n) is 13.8. The molecule has 7 nitrogen and oxygen atoms in total. The molecule has 0 bridgehead atoms. The Kier molecular flexibility index (Phi) is 5.36. The van der Waals surface area contributed by atoms with E-state index in [0.29, 0.717) is 12.2 Å². The quantitative estimate of drug-likeness (QED) is 0.800. The van der Waals surface area contributed by atoms with E-state index >= 15 is 0 Å². The van der Waals surface area contributed by atoms with Gasteiger partial charge in [0.25, 0.3) is 0 Å². The van der Waals surface area contributed by atoms with Gasteiger partial charge in [0.2, 0.25) is 15.9 Å². The van der Waals surface area contributed by atoms with Gasteiger partial charge in [0.1, 0.15) is 0 Å². The third-order valence-corrected chi connectivity index (χ3v) is 6.28. The normalized spacial score (nSPS) is 17.6. The first-order chi connectivity index (χ1) is 12.0. The minimum atomic E-state index is -3.59. The van der Waals surface area contributed by atoms with E-state index in [9.17, 15) is 13.2 Å². The Balaban J connectivity index is 1.64. The average molecular weight is 380 g/mol. The minimum Gasteiger partial charge on any atom is -0.344 e. The summed E-state index contributed by atoms with van der Waals surface area (Å²) < 4.78 is 27.7. The number of thiazole rings is 1. The van der Waals surface area contributed by atoms with Crippen LogP contribution in [0.3, 0.4) is 0 Å². The molecule has 2 heterocycles. The van der Waals surface area contributed by atoms with Gasteiger partial charge in [0.05, 0.1) is 4.90 Å². The van der Waals surface area contributed by atoms with Crippen LogP contribution in [0.2, 0.25) is 0 Å². The molecule has 1 fully saturated rings. The first-order valence-electron chi connectivity index (χ1n) is 7.99. The third-order valence-electron chi connectivity index (χ3n) is 4.04. The lowest BCUT2D eigenvalue weighted by Gasteiger charge is -2.24. The van der Waals surface area contributed by atoms with Gasteiger partial charge >= 0.3 is 0 Å². The summed E-state index contributed by atoms with van der Waals surface area (Å²) in [6, 6.07) is 6.24. The summed E-state index contributed by atoms with van der Waals surface area (Å²) in [7, 11) is -3.59. The van der Waals surface area contributed by atoms with Gasteiger partial charge < -0.3 is 10.2 Å². The minimum absolute atomic E-state index is 0.111. The molecule has 1 aliphatic rings. The molecule has 0 saturated carbocycles. The maximum Gasteiger partial charge on any atom is 0.240 e. The summed E-state index contributed by atoms with van der Waals surface area (Å²) in [6.07, 6.45) is 3.72. The molecule has 1 atom stereocenters. The van der Waals surface area contributed by atoms with Crippen molar-refractivity contribution < 1.29 is 13.2 Å². The lowest BCUT2D eigenvalue weighted by atomic mass is 10.2. The second-order valence-electron chi connectivity index (χ2n) is 5.86. The number of nitrogens with one attached hydrogen (secondary N) is 2. The van der Waals surface area contributed by atoms with E-state index in [2.05, 4.69) is 19.9 Å². The lowest BCUT2D eigenvalue weighted by Crippen LogP contribution is -2.40. The Morgan fingerprint density at radius 1 is 1.36 bits per heavy atom. The Hall–Kier alpha value is -1.97. The summed E-state index contributed by atoms with van der Waals surface area (Å²) >= 11 is 1.56. The van der Waals surface area contributed by atoms with Gasteiger partial charge in [-0.05, 0) is 37.1 Å². The largest absolute Gasteiger partial charge is 0.344 e. The van der Waals surface area contributed by atoms with Gasteiger partial charge in [-0.2, -0.15) is 0 Å². The molecule has 134 valence electrons. The third kappa shape index (κ3) is 4.36. The monoisotopic (exact) mass is 380 g/mol. The van der Waals surface area contributed by atoms with Crippen molar-refractivity contribution in [1.82, 2.24) is 9.71 Å². The molecular weight excluding hydrogens is 360 g/mol. The summed E-state index contributed by atoms with van der Waals surface area (Å²) in [5.74, 6) is -0.197. The van der Waals surface area contributed by atoms with Crippen molar-refractivity contribution in [3.05, 3.63) is 35.8 Å². The molecule has 0 spiro atoms. The van der Waals surface area contributed by atoms with E-state index in [1.807, 2.05) is 5.38 Å². The van der Waals surface area contributed by atoms with E-state index in [0.717, 1.165) is 24.5 Å². The molecular formula is C16H20N4O3S2. The molecule has 1 aromatic carbocycles. The zero-order chi connectivity index (χ0) is 17.9. The van der Waals surface area contributed by atoms with Crippen molar-refractivity contribution in [3.63, 3.8) is 0 Å². The number of hydrogen-bond acceptors (Lipinski definition) is 6. The van der Waals surface area contributed by atoms with Crippen LogP contribution in [0.4, 0.5) is 10.8 Å². The highest BCUT2D eigenvalue weighted by Gasteiger charge is 2.27. The number of carbonyl (C=O) groups is 1.